The molecule has 4 aliphatic rings. The molecule has 0 radical (unpaired) electrons. The van der Waals surface area contributed by atoms with E-state index in [0.29, 0.717) is 46.6 Å². The first-order chi connectivity index (χ1) is 33.0. The Morgan fingerprint density at radius 1 is 0.971 bits per heavy atom. The van der Waals surface area contributed by atoms with Gasteiger partial charge in [-0.1, -0.05) is 48.0 Å². The van der Waals surface area contributed by atoms with Gasteiger partial charge in [0.2, 0.25) is 21.8 Å². The van der Waals surface area contributed by atoms with Crippen LogP contribution in [0.5, 0.6) is 5.75 Å². The number of piperidine rings is 3. The van der Waals surface area contributed by atoms with Gasteiger partial charge in [0.05, 0.1) is 21.8 Å². The lowest BCUT2D eigenvalue weighted by molar-refractivity contribution is -0.139. The molecule has 17 nitrogen and oxygen atoms in total. The summed E-state index contributed by atoms with van der Waals surface area (Å²) in [5.41, 5.74) is 4.49. The molecular formula is C49H48ClN7O10S2. The van der Waals surface area contributed by atoms with Gasteiger partial charge in [0, 0.05) is 66.5 Å². The highest BCUT2D eigenvalue weighted by atomic mass is 35.5. The number of nitrogens with zero attached hydrogens (tertiary/aromatic N) is 5. The second-order valence-corrected chi connectivity index (χ2v) is 22.0. The third kappa shape index (κ3) is 8.65. The maximum absolute atomic E-state index is 14.1. The molecule has 3 saturated heterocycles. The van der Waals surface area contributed by atoms with Gasteiger partial charge in [0.25, 0.3) is 5.91 Å². The third-order valence-electron chi connectivity index (χ3n) is 13.7. The van der Waals surface area contributed by atoms with Crippen molar-refractivity contribution in [1.82, 2.24) is 19.2 Å². The second kappa shape index (κ2) is 17.8. The number of hydrogen-bond donors (Lipinski definition) is 4. The van der Waals surface area contributed by atoms with Crippen molar-refractivity contribution in [2.45, 2.75) is 81.7 Å². The number of imide groups is 1. The molecule has 20 heteroatoms. The number of nitrogens with one attached hydrogen (secondary N) is 2. The summed E-state index contributed by atoms with van der Waals surface area (Å²) in [5, 5.41) is 31.5. The lowest BCUT2D eigenvalue weighted by atomic mass is 9.85. The highest BCUT2D eigenvalue weighted by molar-refractivity contribution is 7.88. The predicted molar refractivity (Wildman–Crippen MR) is 261 cm³/mol. The number of carbonyl (C=O) groups excluding carboxylic acids is 3. The van der Waals surface area contributed by atoms with Crippen molar-refractivity contribution in [2.75, 3.05) is 41.4 Å². The summed E-state index contributed by atoms with van der Waals surface area (Å²) in [6, 6.07) is 21.9. The molecule has 2 unspecified atom stereocenters. The maximum Gasteiger partial charge on any atom is 0.349 e. The van der Waals surface area contributed by atoms with E-state index in [9.17, 15) is 37.5 Å². The van der Waals surface area contributed by atoms with Gasteiger partial charge in [-0.3, -0.25) is 24.6 Å². The number of benzene rings is 3. The number of anilines is 3. The van der Waals surface area contributed by atoms with Crippen molar-refractivity contribution >= 4 is 96.1 Å². The molecule has 7 heterocycles. The van der Waals surface area contributed by atoms with Crippen LogP contribution in [0.25, 0.3) is 26.7 Å². The number of rotatable bonds is 13. The lowest BCUT2D eigenvalue weighted by Gasteiger charge is -2.45. The molecule has 10 rings (SSSR count). The Bertz CT molecular complexity index is 3240. The van der Waals surface area contributed by atoms with Crippen LogP contribution in [0, 0.1) is 0 Å². The Labute approximate surface area is 405 Å². The van der Waals surface area contributed by atoms with Gasteiger partial charge in [-0.15, -0.1) is 11.3 Å². The predicted octanol–water partition coefficient (Wildman–Crippen LogP) is 7.37. The third-order valence-corrected chi connectivity index (χ3v) is 17.4. The highest BCUT2D eigenvalue weighted by Crippen LogP contribution is 2.47. The fourth-order valence-corrected chi connectivity index (χ4v) is 13.9. The smallest absolute Gasteiger partial charge is 0.349 e. The molecule has 0 spiro atoms. The van der Waals surface area contributed by atoms with Crippen LogP contribution in [0.2, 0.25) is 5.02 Å². The standard InChI is InChI=1S/C49H48ClN7O10S2/c1-49(2)23-31(51-30-6-3-5-29(21-30)44-42(50)43(67-25-40(59)60)45(68-44)48(63)64)17-20-56(49)69(65,66)26-27-9-10-32-22-38(53-55(32)24-27)54-18-15-28(16-19-54)33-11-12-36-41-34(33)7-4-8-35(41)47(62)57(36)37-13-14-39(58)52-46(37)61/h3-12,21-22,24,28,31,37,51H,13-20,23,25-26H2,1-2H3,(H,59,60)(H,63,64)(H,52,58,61). The van der Waals surface area contributed by atoms with Gasteiger partial charge >= 0.3 is 11.9 Å². The number of sulfonamides is 1. The first kappa shape index (κ1) is 46.2. The molecule has 0 aliphatic carbocycles. The van der Waals surface area contributed by atoms with E-state index in [1.807, 2.05) is 62.4 Å². The quantitative estimate of drug-likeness (QED) is 0.0832. The monoisotopic (exact) mass is 993 g/mol. The van der Waals surface area contributed by atoms with Crippen LogP contribution in [-0.2, 0) is 30.2 Å². The fourth-order valence-electron chi connectivity index (χ4n) is 10.6. The number of aliphatic carboxylic acids is 1. The molecule has 3 amide bonds. The van der Waals surface area contributed by atoms with Gasteiger partial charge in [-0.05, 0) is 104 Å². The average Bonchev–Trinajstić information content (AvgIpc) is 3.97. The molecule has 3 fully saturated rings. The minimum Gasteiger partial charge on any atom is -0.479 e. The van der Waals surface area contributed by atoms with E-state index in [4.69, 9.17) is 26.5 Å². The first-order valence-corrected chi connectivity index (χ1v) is 25.5. The molecule has 4 aliphatic heterocycles. The van der Waals surface area contributed by atoms with Gasteiger partial charge in [0.15, 0.2) is 23.1 Å². The summed E-state index contributed by atoms with van der Waals surface area (Å²) in [7, 11) is -3.76. The number of carboxylic acid groups (broad SMARTS) is 2. The molecule has 0 saturated carbocycles. The maximum atomic E-state index is 14.1. The van der Waals surface area contributed by atoms with Crippen LogP contribution >= 0.6 is 22.9 Å². The summed E-state index contributed by atoms with van der Waals surface area (Å²) in [5.74, 6) is -2.92. The van der Waals surface area contributed by atoms with E-state index >= 15 is 0 Å². The largest absolute Gasteiger partial charge is 0.479 e. The minimum absolute atomic E-state index is 0.00977. The number of carboxylic acids is 2. The van der Waals surface area contributed by atoms with E-state index in [1.54, 1.807) is 38.1 Å². The van der Waals surface area contributed by atoms with Crippen LogP contribution in [0.15, 0.2) is 79.0 Å². The SMILES string of the molecule is CC1(C)CC(Nc2cccc(-c3sc(C(=O)O)c(OCC(=O)O)c3Cl)c2)CCN1S(=O)(=O)Cc1ccc2cc(N3CCC(c4ccc5c6c(cccc46)C(=O)N5C4CCC(=O)NC4=O)CC3)nn2c1. The summed E-state index contributed by atoms with van der Waals surface area (Å²) in [6.45, 7) is 4.87. The topological polar surface area (TPSA) is 220 Å². The highest BCUT2D eigenvalue weighted by Gasteiger charge is 2.43. The number of amides is 3. The lowest BCUT2D eigenvalue weighted by Crippen LogP contribution is -2.55. The number of hydrogen-bond acceptors (Lipinski definition) is 12. The zero-order chi connectivity index (χ0) is 48.5. The summed E-state index contributed by atoms with van der Waals surface area (Å²) >= 11 is 7.43. The number of carbonyl (C=O) groups is 5. The number of aromatic nitrogens is 2. The number of ether oxygens (including phenoxy) is 1. The van der Waals surface area contributed by atoms with Crippen LogP contribution in [0.3, 0.4) is 0 Å². The molecular weight excluding hydrogens is 946 g/mol. The Kier molecular flexibility index (Phi) is 11.9. The van der Waals surface area contributed by atoms with E-state index in [-0.39, 0.29) is 58.0 Å². The van der Waals surface area contributed by atoms with Gasteiger partial charge in [-0.2, -0.15) is 9.40 Å². The van der Waals surface area contributed by atoms with Crippen LogP contribution < -0.4 is 25.2 Å². The first-order valence-electron chi connectivity index (χ1n) is 22.7. The number of thiophene rings is 1. The molecule has 69 heavy (non-hydrogen) atoms. The Morgan fingerprint density at radius 2 is 1.75 bits per heavy atom. The Hall–Kier alpha value is -6.54. The zero-order valence-corrected chi connectivity index (χ0v) is 40.0. The van der Waals surface area contributed by atoms with Crippen LogP contribution in [-0.4, -0.2) is 106 Å². The van der Waals surface area contributed by atoms with Crippen molar-refractivity contribution in [3.05, 3.63) is 106 Å². The van der Waals surface area contributed by atoms with Crippen molar-refractivity contribution in [3.8, 4) is 16.2 Å². The van der Waals surface area contributed by atoms with E-state index in [2.05, 4.69) is 21.6 Å². The minimum atomic E-state index is -3.76. The van der Waals surface area contributed by atoms with Crippen molar-refractivity contribution in [3.63, 3.8) is 0 Å². The molecule has 3 aromatic carbocycles. The van der Waals surface area contributed by atoms with E-state index in [0.717, 1.165) is 70.6 Å². The second-order valence-electron chi connectivity index (χ2n) is 18.7. The molecule has 358 valence electrons. The average molecular weight is 995 g/mol. The number of aromatic carboxylic acids is 1. The van der Waals surface area contributed by atoms with Crippen molar-refractivity contribution in [1.29, 1.82) is 0 Å². The fraction of sp³-hybridized carbons (Fsp3) is 0.347. The Morgan fingerprint density at radius 3 is 2.49 bits per heavy atom. The van der Waals surface area contributed by atoms with E-state index < -0.39 is 46.1 Å². The van der Waals surface area contributed by atoms with Crippen molar-refractivity contribution < 1.29 is 47.3 Å². The van der Waals surface area contributed by atoms with Crippen molar-refractivity contribution in [2.24, 2.45) is 0 Å². The number of halogens is 1. The summed E-state index contributed by atoms with van der Waals surface area (Å²) in [6.07, 6.45) is 4.99. The Balaban J connectivity index is 0.778. The molecule has 4 N–H and O–H groups in total. The number of pyridine rings is 1. The molecule has 2 atom stereocenters. The van der Waals surface area contributed by atoms with E-state index in [1.165, 1.54) is 0 Å². The van der Waals surface area contributed by atoms with Crippen LogP contribution in [0.1, 0.15) is 89.4 Å². The van der Waals surface area contributed by atoms with Gasteiger partial charge < -0.3 is 25.2 Å². The van der Waals surface area contributed by atoms with Crippen LogP contribution in [0.4, 0.5) is 17.2 Å². The molecule has 6 aromatic rings. The zero-order valence-electron chi connectivity index (χ0n) is 37.6. The summed E-state index contributed by atoms with van der Waals surface area (Å²) < 4.78 is 36.9. The van der Waals surface area contributed by atoms with Gasteiger partial charge in [0.1, 0.15) is 11.1 Å². The summed E-state index contributed by atoms with van der Waals surface area (Å²) in [4.78, 5) is 65.4. The normalized spacial score (nSPS) is 19.9. The van der Waals surface area contributed by atoms with Gasteiger partial charge in [-0.25, -0.2) is 22.5 Å². The molecule has 3 aromatic heterocycles. The molecule has 0 bridgehead atoms. The number of fused-ring (bicyclic) bond motifs is 1.